The maximum Gasteiger partial charge on any atom is 0.337 e. The average molecular weight is 480 g/mol. The fraction of sp³-hybridized carbons (Fsp3) is 0.607. The van der Waals surface area contributed by atoms with Gasteiger partial charge in [-0.3, -0.25) is 9.69 Å². The molecule has 0 spiro atoms. The monoisotopic (exact) mass is 479 g/mol. The molecule has 4 aliphatic carbocycles. The molecule has 4 bridgehead atoms. The highest BCUT2D eigenvalue weighted by Gasteiger charge is 2.54. The van der Waals surface area contributed by atoms with Gasteiger partial charge in [0.25, 0.3) is 0 Å². The average Bonchev–Trinajstić information content (AvgIpc) is 2.82. The van der Waals surface area contributed by atoms with Gasteiger partial charge in [0.2, 0.25) is 5.91 Å². The molecule has 7 nitrogen and oxygen atoms in total. The minimum Gasteiger partial charge on any atom is -0.466 e. The molecule has 0 aromatic heterocycles. The Labute approximate surface area is 207 Å². The van der Waals surface area contributed by atoms with Crippen molar-refractivity contribution in [3.05, 3.63) is 41.1 Å². The van der Waals surface area contributed by atoms with Crippen LogP contribution < -0.4 is 10.6 Å². The highest BCUT2D eigenvalue weighted by Crippen LogP contribution is 2.60. The molecule has 7 heteroatoms. The van der Waals surface area contributed by atoms with Crippen LogP contribution in [0.3, 0.4) is 0 Å². The summed E-state index contributed by atoms with van der Waals surface area (Å²) in [5, 5.41) is 6.19. The first-order valence-electron chi connectivity index (χ1n) is 13.1. The van der Waals surface area contributed by atoms with Gasteiger partial charge in [-0.1, -0.05) is 25.5 Å². The number of rotatable bonds is 7. The number of hydrogen-bond acceptors (Lipinski definition) is 4. The van der Waals surface area contributed by atoms with E-state index in [1.54, 1.807) is 11.8 Å². The van der Waals surface area contributed by atoms with Crippen LogP contribution in [0.2, 0.25) is 0 Å². The molecule has 1 atom stereocenters. The zero-order chi connectivity index (χ0) is 24.7. The predicted molar refractivity (Wildman–Crippen MR) is 133 cm³/mol. The third-order valence-electron chi connectivity index (χ3n) is 8.73. The minimum atomic E-state index is -0.635. The highest BCUT2D eigenvalue weighted by atomic mass is 16.5. The van der Waals surface area contributed by atoms with Crippen molar-refractivity contribution in [1.29, 1.82) is 0 Å². The third-order valence-corrected chi connectivity index (χ3v) is 8.73. The van der Waals surface area contributed by atoms with Gasteiger partial charge in [0.1, 0.15) is 0 Å². The van der Waals surface area contributed by atoms with Gasteiger partial charge in [0.05, 0.1) is 24.1 Å². The number of methoxy groups -OCH3 is 1. The molecule has 1 aliphatic heterocycles. The molecule has 4 saturated carbocycles. The van der Waals surface area contributed by atoms with E-state index in [-0.39, 0.29) is 17.4 Å². The summed E-state index contributed by atoms with van der Waals surface area (Å²) < 4.78 is 5.09. The van der Waals surface area contributed by atoms with E-state index < -0.39 is 12.0 Å². The molecule has 4 fully saturated rings. The van der Waals surface area contributed by atoms with Crippen LogP contribution >= 0.6 is 0 Å². The Morgan fingerprint density at radius 3 is 2.40 bits per heavy atom. The summed E-state index contributed by atoms with van der Waals surface area (Å²) in [4.78, 5) is 40.9. The standard InChI is InChI=1S/C28H37N3O4/c1-4-5-9-31-17(2)23(25(32)35-3)24(30-27(31)34)21-7-6-8-22(13-21)29-26(33)28-14-18-10-19(15-28)12-20(11-18)16-28/h6-8,13,18-20,24H,4-5,9-12,14-16H2,1-3H3,(H,29,33)(H,30,34)/t18?,19?,20?,24-,28?/m1/s1. The molecule has 1 aromatic carbocycles. The van der Waals surface area contributed by atoms with Gasteiger partial charge in [-0.15, -0.1) is 0 Å². The van der Waals surface area contributed by atoms with E-state index in [9.17, 15) is 14.4 Å². The van der Waals surface area contributed by atoms with E-state index >= 15 is 0 Å². The second-order valence-corrected chi connectivity index (χ2v) is 11.2. The number of urea groups is 1. The Bertz CT molecular complexity index is 1030. The number of allylic oxidation sites excluding steroid dienone is 1. The van der Waals surface area contributed by atoms with Crippen LogP contribution in [-0.4, -0.2) is 36.5 Å². The van der Waals surface area contributed by atoms with Crippen LogP contribution in [0, 0.1) is 23.2 Å². The molecule has 6 rings (SSSR count). The molecule has 0 saturated heterocycles. The summed E-state index contributed by atoms with van der Waals surface area (Å²) in [5.41, 5.74) is 2.25. The Balaban J connectivity index is 1.40. The molecule has 2 N–H and O–H groups in total. The van der Waals surface area contributed by atoms with E-state index in [1.165, 1.54) is 26.4 Å². The first-order chi connectivity index (χ1) is 16.8. The van der Waals surface area contributed by atoms with Crippen LogP contribution in [-0.2, 0) is 14.3 Å². The van der Waals surface area contributed by atoms with E-state index in [2.05, 4.69) is 17.6 Å². The van der Waals surface area contributed by atoms with Crippen LogP contribution in [0.4, 0.5) is 10.5 Å². The lowest BCUT2D eigenvalue weighted by molar-refractivity contribution is -0.140. The first-order valence-corrected chi connectivity index (χ1v) is 13.1. The molecular formula is C28H37N3O4. The molecule has 0 radical (unpaired) electrons. The Hall–Kier alpha value is -2.83. The largest absolute Gasteiger partial charge is 0.466 e. The van der Waals surface area contributed by atoms with Crippen molar-refractivity contribution in [1.82, 2.24) is 10.2 Å². The minimum absolute atomic E-state index is 0.132. The number of hydrogen-bond donors (Lipinski definition) is 2. The molecule has 188 valence electrons. The molecule has 1 heterocycles. The number of carbonyl (C=O) groups is 3. The predicted octanol–water partition coefficient (Wildman–Crippen LogP) is 5.15. The third kappa shape index (κ3) is 4.34. The number of nitrogens with one attached hydrogen (secondary N) is 2. The summed E-state index contributed by atoms with van der Waals surface area (Å²) in [7, 11) is 1.36. The summed E-state index contributed by atoms with van der Waals surface area (Å²) in [5.74, 6) is 1.76. The van der Waals surface area contributed by atoms with E-state index in [0.29, 0.717) is 41.3 Å². The molecule has 3 amide bonds. The number of unbranched alkanes of at least 4 members (excludes halogenated alkanes) is 1. The lowest BCUT2D eigenvalue weighted by atomic mass is 9.49. The smallest absolute Gasteiger partial charge is 0.337 e. The van der Waals surface area contributed by atoms with E-state index in [4.69, 9.17) is 4.74 Å². The zero-order valence-corrected chi connectivity index (χ0v) is 21.1. The second kappa shape index (κ2) is 9.32. The molecule has 35 heavy (non-hydrogen) atoms. The summed E-state index contributed by atoms with van der Waals surface area (Å²) >= 11 is 0. The number of anilines is 1. The number of nitrogens with zero attached hydrogens (tertiary/aromatic N) is 1. The molecular weight excluding hydrogens is 442 g/mol. The number of ether oxygens (including phenoxy) is 1. The number of benzene rings is 1. The Kier molecular flexibility index (Phi) is 6.36. The molecule has 1 aromatic rings. The maximum atomic E-state index is 13.5. The van der Waals surface area contributed by atoms with Crippen molar-refractivity contribution in [3.63, 3.8) is 0 Å². The number of esters is 1. The van der Waals surface area contributed by atoms with Gasteiger partial charge in [0.15, 0.2) is 0 Å². The molecule has 5 aliphatic rings. The van der Waals surface area contributed by atoms with Crippen molar-refractivity contribution in [3.8, 4) is 0 Å². The van der Waals surface area contributed by atoms with Crippen molar-refractivity contribution in [2.24, 2.45) is 23.2 Å². The highest BCUT2D eigenvalue weighted by molar-refractivity contribution is 5.97. The lowest BCUT2D eigenvalue weighted by Gasteiger charge is -2.55. The van der Waals surface area contributed by atoms with Gasteiger partial charge in [-0.25, -0.2) is 9.59 Å². The topological polar surface area (TPSA) is 87.7 Å². The van der Waals surface area contributed by atoms with Crippen molar-refractivity contribution < 1.29 is 19.1 Å². The fourth-order valence-electron chi connectivity index (χ4n) is 7.44. The Morgan fingerprint density at radius 1 is 1.14 bits per heavy atom. The lowest BCUT2D eigenvalue weighted by Crippen LogP contribution is -2.51. The van der Waals surface area contributed by atoms with Crippen molar-refractivity contribution >= 4 is 23.6 Å². The normalized spacial score (nSPS) is 31.4. The van der Waals surface area contributed by atoms with Crippen molar-refractivity contribution in [2.75, 3.05) is 19.0 Å². The van der Waals surface area contributed by atoms with Crippen LogP contribution in [0.1, 0.15) is 76.8 Å². The summed E-state index contributed by atoms with van der Waals surface area (Å²) in [6.07, 6.45) is 8.68. The first kappa shape index (κ1) is 23.9. The van der Waals surface area contributed by atoms with Gasteiger partial charge in [0, 0.05) is 17.9 Å². The van der Waals surface area contributed by atoms with Gasteiger partial charge >= 0.3 is 12.0 Å². The van der Waals surface area contributed by atoms with E-state index in [0.717, 1.165) is 37.7 Å². The van der Waals surface area contributed by atoms with Crippen LogP contribution in [0.5, 0.6) is 0 Å². The second-order valence-electron chi connectivity index (χ2n) is 11.2. The van der Waals surface area contributed by atoms with E-state index in [1.807, 2.05) is 24.3 Å². The summed E-state index contributed by atoms with van der Waals surface area (Å²) in [6.45, 7) is 4.41. The van der Waals surface area contributed by atoms with Crippen LogP contribution in [0.15, 0.2) is 35.5 Å². The summed E-state index contributed by atoms with van der Waals surface area (Å²) in [6, 6.07) is 6.64. The fourth-order valence-corrected chi connectivity index (χ4v) is 7.44. The Morgan fingerprint density at radius 2 is 1.80 bits per heavy atom. The van der Waals surface area contributed by atoms with Gasteiger partial charge in [-0.2, -0.15) is 0 Å². The maximum absolute atomic E-state index is 13.5. The SMILES string of the molecule is CCCCN1C(=O)N[C@H](c2cccc(NC(=O)C34CC5CC(CC(C5)C3)C4)c2)C(C(=O)OC)=C1C. The van der Waals surface area contributed by atoms with Crippen molar-refractivity contribution in [2.45, 2.75) is 71.3 Å². The number of carbonyl (C=O) groups excluding carboxylic acids is 3. The van der Waals surface area contributed by atoms with Gasteiger partial charge in [-0.05, 0) is 87.3 Å². The quantitative estimate of drug-likeness (QED) is 0.529. The van der Waals surface area contributed by atoms with Gasteiger partial charge < -0.3 is 15.4 Å². The number of amides is 3. The zero-order valence-electron chi connectivity index (χ0n) is 21.1. The molecule has 0 unspecified atom stereocenters. The van der Waals surface area contributed by atoms with Crippen LogP contribution in [0.25, 0.3) is 0 Å².